The number of nitrogens with two attached hydrogens (primary N) is 3. The molecule has 0 radical (unpaired) electrons. The molecule has 0 aliphatic rings. The van der Waals surface area contributed by atoms with Gasteiger partial charge in [0.25, 0.3) is 0 Å². The Labute approximate surface area is 194 Å². The fourth-order valence-electron chi connectivity index (χ4n) is 2.52. The van der Waals surface area contributed by atoms with E-state index in [1.807, 2.05) is 5.32 Å². The largest absolute Gasteiger partial charge is 0.481 e. The second-order valence-corrected chi connectivity index (χ2v) is 7.28. The third-order valence-corrected chi connectivity index (χ3v) is 4.33. The standard InChI is InChI=1S/C18H31N7O9/c1-8(23-15(31)9(19)3-2-6-22-18(20)21)14(30)24-10(4-5-12(26)27)16(32)25-11(17(33)34)7-13(28)29/h8-11H,2-7,19H2,1H3,(H,23,31)(H,24,30)(H,25,32)(H,26,27)(H,28,29)(H,33,34)(H4,20,21,22). The molecule has 0 aliphatic carbocycles. The molecule has 4 atom stereocenters. The fraction of sp³-hybridized carbons (Fsp3) is 0.611. The Bertz CT molecular complexity index is 799. The molecule has 0 fully saturated rings. The van der Waals surface area contributed by atoms with E-state index in [4.69, 9.17) is 32.5 Å². The number of amides is 3. The molecule has 4 unspecified atom stereocenters. The number of carboxylic acid groups (broad SMARTS) is 3. The number of aliphatic imine (C=N–C) groups is 1. The topological polar surface area (TPSA) is 290 Å². The van der Waals surface area contributed by atoms with Crippen molar-refractivity contribution >= 4 is 41.6 Å². The first-order valence-electron chi connectivity index (χ1n) is 10.1. The van der Waals surface area contributed by atoms with Crippen LogP contribution in [0.3, 0.4) is 0 Å². The van der Waals surface area contributed by atoms with E-state index >= 15 is 0 Å². The molecule has 3 amide bonds. The summed E-state index contributed by atoms with van der Waals surface area (Å²) in [4.78, 5) is 73.6. The van der Waals surface area contributed by atoms with Crippen molar-refractivity contribution in [3.8, 4) is 0 Å². The Morgan fingerprint density at radius 1 is 0.824 bits per heavy atom. The van der Waals surface area contributed by atoms with Gasteiger partial charge in [0.15, 0.2) is 5.96 Å². The van der Waals surface area contributed by atoms with Gasteiger partial charge in [0.05, 0.1) is 12.5 Å². The minimum atomic E-state index is -1.80. The smallest absolute Gasteiger partial charge is 0.326 e. The SMILES string of the molecule is CC(NC(=O)C(N)CCCN=C(N)N)C(=O)NC(CCC(=O)O)C(=O)NC(CC(=O)O)C(=O)O. The second-order valence-electron chi connectivity index (χ2n) is 7.28. The Balaban J connectivity index is 5.07. The van der Waals surface area contributed by atoms with Crippen molar-refractivity contribution in [2.24, 2.45) is 22.2 Å². The molecule has 0 spiro atoms. The van der Waals surface area contributed by atoms with Gasteiger partial charge in [0.1, 0.15) is 18.1 Å². The van der Waals surface area contributed by atoms with Crippen LogP contribution in [-0.4, -0.2) is 87.6 Å². The molecule has 0 aromatic heterocycles. The molecule has 0 aromatic carbocycles. The van der Waals surface area contributed by atoms with Crippen LogP contribution >= 0.6 is 0 Å². The molecule has 192 valence electrons. The van der Waals surface area contributed by atoms with E-state index in [1.54, 1.807) is 0 Å². The third kappa shape index (κ3) is 12.8. The maximum atomic E-state index is 12.4. The van der Waals surface area contributed by atoms with Gasteiger partial charge in [0.2, 0.25) is 17.7 Å². The highest BCUT2D eigenvalue weighted by molar-refractivity contribution is 5.94. The van der Waals surface area contributed by atoms with Gasteiger partial charge in [-0.3, -0.25) is 29.0 Å². The molecule has 16 nitrogen and oxygen atoms in total. The lowest BCUT2D eigenvalue weighted by atomic mass is 10.1. The van der Waals surface area contributed by atoms with Crippen LogP contribution in [0.5, 0.6) is 0 Å². The molecule has 0 aliphatic heterocycles. The van der Waals surface area contributed by atoms with E-state index in [9.17, 15) is 28.8 Å². The van der Waals surface area contributed by atoms with Gasteiger partial charge >= 0.3 is 17.9 Å². The van der Waals surface area contributed by atoms with E-state index in [0.29, 0.717) is 6.42 Å². The average molecular weight is 489 g/mol. The number of hydrogen-bond acceptors (Lipinski definition) is 8. The van der Waals surface area contributed by atoms with Crippen molar-refractivity contribution < 1.29 is 44.1 Å². The number of carbonyl (C=O) groups excluding carboxylic acids is 3. The van der Waals surface area contributed by atoms with Crippen LogP contribution in [0.25, 0.3) is 0 Å². The van der Waals surface area contributed by atoms with Crippen molar-refractivity contribution in [2.45, 2.75) is 63.2 Å². The number of rotatable bonds is 16. The van der Waals surface area contributed by atoms with Gasteiger partial charge in [-0.2, -0.15) is 0 Å². The van der Waals surface area contributed by atoms with Crippen LogP contribution in [0.15, 0.2) is 4.99 Å². The summed E-state index contributed by atoms with van der Waals surface area (Å²) in [5, 5.41) is 33.2. The highest BCUT2D eigenvalue weighted by Gasteiger charge is 2.30. The van der Waals surface area contributed by atoms with Crippen LogP contribution in [0.4, 0.5) is 0 Å². The number of nitrogens with one attached hydrogen (secondary N) is 3. The zero-order valence-corrected chi connectivity index (χ0v) is 18.5. The van der Waals surface area contributed by atoms with Crippen molar-refractivity contribution in [1.29, 1.82) is 0 Å². The summed E-state index contributed by atoms with van der Waals surface area (Å²) in [7, 11) is 0. The number of guanidine groups is 1. The minimum absolute atomic E-state index is 0.109. The fourth-order valence-corrected chi connectivity index (χ4v) is 2.52. The van der Waals surface area contributed by atoms with E-state index < -0.39 is 79.1 Å². The molecule has 0 aromatic rings. The molecule has 0 heterocycles. The summed E-state index contributed by atoms with van der Waals surface area (Å²) >= 11 is 0. The van der Waals surface area contributed by atoms with Gasteiger partial charge in [-0.1, -0.05) is 0 Å². The first-order valence-corrected chi connectivity index (χ1v) is 10.1. The lowest BCUT2D eigenvalue weighted by Gasteiger charge is -2.23. The Kier molecular flexibility index (Phi) is 13.2. The van der Waals surface area contributed by atoms with Gasteiger partial charge in [-0.15, -0.1) is 0 Å². The van der Waals surface area contributed by atoms with Gasteiger partial charge < -0.3 is 48.5 Å². The number of hydrogen-bond donors (Lipinski definition) is 9. The summed E-state index contributed by atoms with van der Waals surface area (Å²) in [5.41, 5.74) is 16.1. The molecule has 34 heavy (non-hydrogen) atoms. The number of aliphatic carboxylic acids is 3. The zero-order chi connectivity index (χ0) is 26.4. The predicted molar refractivity (Wildman–Crippen MR) is 116 cm³/mol. The van der Waals surface area contributed by atoms with E-state index in [-0.39, 0.29) is 18.9 Å². The number of carbonyl (C=O) groups is 6. The monoisotopic (exact) mass is 489 g/mol. The first-order chi connectivity index (χ1) is 15.7. The lowest BCUT2D eigenvalue weighted by molar-refractivity contribution is -0.147. The first kappa shape index (κ1) is 30.1. The summed E-state index contributed by atoms with van der Waals surface area (Å²) in [5.74, 6) is -7.18. The number of nitrogens with zero attached hydrogens (tertiary/aromatic N) is 1. The molecule has 0 saturated heterocycles. The molecule has 0 rings (SSSR count). The van der Waals surface area contributed by atoms with Crippen LogP contribution in [0.2, 0.25) is 0 Å². The van der Waals surface area contributed by atoms with E-state index in [0.717, 1.165) is 0 Å². The molecular formula is C18H31N7O9. The highest BCUT2D eigenvalue weighted by Crippen LogP contribution is 2.03. The van der Waals surface area contributed by atoms with E-state index in [1.165, 1.54) is 6.92 Å². The molecule has 0 saturated carbocycles. The van der Waals surface area contributed by atoms with Crippen LogP contribution in [0, 0.1) is 0 Å². The Morgan fingerprint density at radius 2 is 1.41 bits per heavy atom. The normalized spacial score (nSPS) is 13.9. The maximum absolute atomic E-state index is 12.4. The van der Waals surface area contributed by atoms with E-state index in [2.05, 4.69) is 15.6 Å². The summed E-state index contributed by atoms with van der Waals surface area (Å²) in [6.07, 6.45) is -1.31. The van der Waals surface area contributed by atoms with Crippen LogP contribution < -0.4 is 33.2 Å². The summed E-state index contributed by atoms with van der Waals surface area (Å²) in [6.45, 7) is 1.54. The van der Waals surface area contributed by atoms with Crippen LogP contribution in [-0.2, 0) is 28.8 Å². The zero-order valence-electron chi connectivity index (χ0n) is 18.5. The number of carboxylic acids is 3. The Morgan fingerprint density at radius 3 is 1.91 bits per heavy atom. The van der Waals surface area contributed by atoms with Crippen molar-refractivity contribution in [1.82, 2.24) is 16.0 Å². The molecule has 0 bridgehead atoms. The third-order valence-electron chi connectivity index (χ3n) is 4.33. The summed E-state index contributed by atoms with van der Waals surface area (Å²) in [6, 6.07) is -5.48. The van der Waals surface area contributed by atoms with Gasteiger partial charge in [0, 0.05) is 13.0 Å². The molecule has 12 N–H and O–H groups in total. The molecule has 16 heteroatoms. The highest BCUT2D eigenvalue weighted by atomic mass is 16.4. The Hall–Kier alpha value is -3.95. The molecular weight excluding hydrogens is 458 g/mol. The van der Waals surface area contributed by atoms with Gasteiger partial charge in [-0.25, -0.2) is 4.79 Å². The van der Waals surface area contributed by atoms with Crippen molar-refractivity contribution in [3.05, 3.63) is 0 Å². The lowest BCUT2D eigenvalue weighted by Crippen LogP contribution is -2.56. The second kappa shape index (κ2) is 15.0. The summed E-state index contributed by atoms with van der Waals surface area (Å²) < 4.78 is 0. The minimum Gasteiger partial charge on any atom is -0.481 e. The van der Waals surface area contributed by atoms with Gasteiger partial charge in [-0.05, 0) is 26.2 Å². The quantitative estimate of drug-likeness (QED) is 0.0574. The predicted octanol–water partition coefficient (Wildman–Crippen LogP) is -3.73. The average Bonchev–Trinajstić information content (AvgIpc) is 2.72. The maximum Gasteiger partial charge on any atom is 0.326 e. The van der Waals surface area contributed by atoms with Crippen molar-refractivity contribution in [2.75, 3.05) is 6.54 Å². The van der Waals surface area contributed by atoms with Crippen LogP contribution in [0.1, 0.15) is 39.0 Å². The van der Waals surface area contributed by atoms with Crippen molar-refractivity contribution in [3.63, 3.8) is 0 Å².